The van der Waals surface area contributed by atoms with Crippen molar-refractivity contribution in [1.29, 1.82) is 0 Å². The Balaban J connectivity index is 0.000000460. The summed E-state index contributed by atoms with van der Waals surface area (Å²) in [6, 6.07) is 5.07. The maximum Gasteiger partial charge on any atom is 1.00 e. The molecule has 0 fully saturated rings. The number of urea groups is 1. The number of hydrogen-bond donors (Lipinski definition) is 2. The van der Waals surface area contributed by atoms with E-state index < -0.39 is 16.1 Å². The number of anilines is 1. The largest absolute Gasteiger partial charge is 1.00 e. The number of rotatable bonds is 13. The number of amides is 2. The molecule has 1 aromatic carbocycles. The summed E-state index contributed by atoms with van der Waals surface area (Å²) in [5.41, 5.74) is 2.20. The molecule has 0 radical (unpaired) electrons. The number of methoxy groups -OCH3 is 1. The third-order valence-electron chi connectivity index (χ3n) is 6.14. The zero-order chi connectivity index (χ0) is 34.3. The number of aryl methyl sites for hydroxylation is 1. The maximum absolute atomic E-state index is 12.4. The molecule has 0 spiro atoms. The van der Waals surface area contributed by atoms with Crippen LogP contribution in [0.4, 0.5) is 10.7 Å². The van der Waals surface area contributed by atoms with Crippen LogP contribution in [0.25, 0.3) is 4.72 Å². The van der Waals surface area contributed by atoms with E-state index in [0.29, 0.717) is 45.2 Å². The molecule has 13 nitrogen and oxygen atoms in total. The van der Waals surface area contributed by atoms with Gasteiger partial charge in [0.25, 0.3) is 0 Å². The van der Waals surface area contributed by atoms with E-state index in [1.807, 2.05) is 41.3 Å². The number of benzene rings is 1. The van der Waals surface area contributed by atoms with Crippen molar-refractivity contribution in [2.75, 3.05) is 24.8 Å². The number of aliphatic hydroxyl groups is 1. The first-order valence-corrected chi connectivity index (χ1v) is 18.2. The third kappa shape index (κ3) is 14.6. The average molecular weight is 831 g/mol. The molecule has 0 aliphatic heterocycles. The monoisotopic (exact) mass is 830 g/mol. The molecule has 1 aromatic heterocycles. The predicted octanol–water partition coefficient (Wildman–Crippen LogP) is 3.94. The number of carbonyl (C=O) groups is 2. The molecule has 1 aliphatic rings. The van der Waals surface area contributed by atoms with Crippen molar-refractivity contribution < 1.29 is 62.2 Å². The van der Waals surface area contributed by atoms with Gasteiger partial charge in [-0.15, -0.1) is 0 Å². The zero-order valence-electron chi connectivity index (χ0n) is 27.1. The molecule has 2 N–H and O–H groups in total. The molecule has 0 saturated carbocycles. The summed E-state index contributed by atoms with van der Waals surface area (Å²) in [6.07, 6.45) is 4.09. The minimum atomic E-state index is -4.13. The van der Waals surface area contributed by atoms with Gasteiger partial charge in [-0.3, -0.25) is 9.59 Å². The second kappa shape index (κ2) is 21.9. The standard InChI is InChI=1S/C17H26ClNO3S.C12H12IN5O4S.Na/c1-4-14(19-22-8-6-7-18)17-15(20)10-13(11-16(17)21)9-12(3)23-5-2;1-7-14-10(17-12(15-7)22-2)16-11(19)18-23(20,21)9-6-4-3-5-8(9)13;/h6-7,12-13,20H,4-5,8-11H2,1-3H3;3-6H,1-2H3,(H2,14,15,16,17,18,19);/q;;+1/p-1/b7-6+,19-14+;;. The van der Waals surface area contributed by atoms with Gasteiger partial charge in [0.15, 0.2) is 17.8 Å². The number of aromatic nitrogens is 3. The van der Waals surface area contributed by atoms with Crippen LogP contribution < -0.4 is 39.6 Å². The number of sulfonamides is 1. The van der Waals surface area contributed by atoms with Crippen LogP contribution in [0.3, 0.4) is 0 Å². The zero-order valence-corrected chi connectivity index (χ0v) is 33.6. The van der Waals surface area contributed by atoms with Crippen LogP contribution in [-0.2, 0) is 19.7 Å². The van der Waals surface area contributed by atoms with Gasteiger partial charge in [0, 0.05) is 27.2 Å². The molecule has 18 heteroatoms. The van der Waals surface area contributed by atoms with Crippen molar-refractivity contribution in [1.82, 2.24) is 15.0 Å². The summed E-state index contributed by atoms with van der Waals surface area (Å²) >= 11 is 9.15. The van der Waals surface area contributed by atoms with Crippen LogP contribution >= 0.6 is 46.0 Å². The molecular formula is C29H37ClIN6NaO7S2. The van der Waals surface area contributed by atoms with Crippen LogP contribution in [0, 0.1) is 16.4 Å². The van der Waals surface area contributed by atoms with E-state index in [-0.39, 0.29) is 70.5 Å². The molecule has 2 aromatic rings. The van der Waals surface area contributed by atoms with Crippen molar-refractivity contribution in [3.8, 4) is 6.01 Å². The Bertz CT molecular complexity index is 1560. The van der Waals surface area contributed by atoms with Gasteiger partial charge in [0.1, 0.15) is 18.2 Å². The molecule has 47 heavy (non-hydrogen) atoms. The van der Waals surface area contributed by atoms with Crippen molar-refractivity contribution in [2.24, 2.45) is 11.1 Å². The molecular weight excluding hydrogens is 794 g/mol. The number of carbonyl (C=O) groups excluding carboxylic acids is 2. The SMILES string of the molecule is CCSC(C)CC1CC(=O)C(/C(CC)=N/OC/C=C/Cl)=C(O)C1.COc1nc(C)nc(NC(=O)[N-]S(=O)(=O)c2ccccc2I)n1.[Na+]. The number of ether oxygens (including phenoxy) is 1. The van der Waals surface area contributed by atoms with Gasteiger partial charge in [-0.25, -0.2) is 13.4 Å². The van der Waals surface area contributed by atoms with Gasteiger partial charge < -0.3 is 24.7 Å². The van der Waals surface area contributed by atoms with Crippen molar-refractivity contribution >= 4 is 79.5 Å². The predicted molar refractivity (Wildman–Crippen MR) is 188 cm³/mol. The Hall–Kier alpha value is -1.96. The summed E-state index contributed by atoms with van der Waals surface area (Å²) < 4.78 is 32.8. The molecule has 3 rings (SSSR count). The van der Waals surface area contributed by atoms with Crippen LogP contribution in [-0.4, -0.2) is 70.7 Å². The Morgan fingerprint density at radius 2 is 1.98 bits per heavy atom. The number of aliphatic hydroxyl groups excluding tert-OH is 1. The fraction of sp³-hybridized carbons (Fsp3) is 0.448. The van der Waals surface area contributed by atoms with E-state index in [1.54, 1.807) is 31.2 Å². The summed E-state index contributed by atoms with van der Waals surface area (Å²) in [5.74, 6) is 1.53. The van der Waals surface area contributed by atoms with Gasteiger partial charge in [-0.1, -0.05) is 49.7 Å². The van der Waals surface area contributed by atoms with Crippen LogP contribution in [0.2, 0.25) is 0 Å². The van der Waals surface area contributed by atoms with Gasteiger partial charge >= 0.3 is 35.6 Å². The van der Waals surface area contributed by atoms with E-state index in [2.05, 4.69) is 44.0 Å². The summed E-state index contributed by atoms with van der Waals surface area (Å²) in [5, 5.41) is 17.0. The second-order valence-corrected chi connectivity index (χ2v) is 14.4. The van der Waals surface area contributed by atoms with E-state index >= 15 is 0 Å². The number of oxime groups is 1. The van der Waals surface area contributed by atoms with Crippen LogP contribution in [0.5, 0.6) is 6.01 Å². The van der Waals surface area contributed by atoms with Gasteiger partial charge in [0.05, 0.1) is 23.3 Å². The quantitative estimate of drug-likeness (QED) is 0.0981. The Morgan fingerprint density at radius 3 is 2.57 bits per heavy atom. The minimum absolute atomic E-state index is 0. The van der Waals surface area contributed by atoms with Crippen molar-refractivity contribution in [2.45, 2.75) is 63.5 Å². The first kappa shape index (κ1) is 43.1. The van der Waals surface area contributed by atoms with E-state index in [1.165, 1.54) is 18.7 Å². The molecule has 0 saturated heterocycles. The number of halogens is 2. The Labute approximate surface area is 320 Å². The number of thioether (sulfide) groups is 1. The molecule has 2 amide bonds. The number of hydrogen-bond acceptors (Lipinski definition) is 12. The number of nitrogens with one attached hydrogen (secondary N) is 1. The van der Waals surface area contributed by atoms with Gasteiger partial charge in [-0.05, 0) is 72.2 Å². The topological polar surface area (TPSA) is 184 Å². The van der Waals surface area contributed by atoms with Gasteiger partial charge in [0.2, 0.25) is 10.0 Å². The molecule has 1 heterocycles. The maximum atomic E-state index is 12.4. The van der Waals surface area contributed by atoms with E-state index in [0.717, 1.165) is 12.2 Å². The number of Topliss-reactive ketones (excluding diaryl/α,β-unsaturated/α-hetero) is 1. The number of allylic oxidation sites excluding steroid dienone is 2. The summed E-state index contributed by atoms with van der Waals surface area (Å²) in [6.45, 7) is 8.00. The van der Waals surface area contributed by atoms with E-state index in [9.17, 15) is 23.1 Å². The van der Waals surface area contributed by atoms with Crippen LogP contribution in [0.1, 0.15) is 52.3 Å². The smallest absolute Gasteiger partial charge is 0.511 e. The fourth-order valence-electron chi connectivity index (χ4n) is 4.31. The molecule has 1 aliphatic carbocycles. The number of nitrogens with zero attached hydrogens (tertiary/aromatic N) is 5. The normalized spacial score (nSPS) is 15.7. The molecule has 2 atom stereocenters. The first-order valence-electron chi connectivity index (χ1n) is 14.2. The number of ketones is 1. The van der Waals surface area contributed by atoms with Crippen LogP contribution in [0.15, 0.2) is 57.3 Å². The van der Waals surface area contributed by atoms with Gasteiger partial charge in [-0.2, -0.15) is 21.7 Å². The Kier molecular flexibility index (Phi) is 20.1. The average Bonchev–Trinajstić information content (AvgIpc) is 2.97. The fourth-order valence-corrected chi connectivity index (χ4v) is 7.51. The van der Waals surface area contributed by atoms with Crippen molar-refractivity contribution in [3.63, 3.8) is 0 Å². The first-order chi connectivity index (χ1) is 21.8. The summed E-state index contributed by atoms with van der Waals surface area (Å²) in [7, 11) is -2.78. The van der Waals surface area contributed by atoms with E-state index in [4.69, 9.17) is 21.2 Å². The summed E-state index contributed by atoms with van der Waals surface area (Å²) in [4.78, 5) is 40.8. The minimum Gasteiger partial charge on any atom is -0.511 e. The third-order valence-corrected chi connectivity index (χ3v) is 10.0. The molecule has 2 unspecified atom stereocenters. The Morgan fingerprint density at radius 1 is 1.28 bits per heavy atom. The van der Waals surface area contributed by atoms with Crippen molar-refractivity contribution in [3.05, 3.63) is 61.3 Å². The molecule has 252 valence electrons. The molecule has 0 bridgehead atoms. The second-order valence-electron chi connectivity index (χ2n) is 9.69.